The van der Waals surface area contributed by atoms with Crippen LogP contribution in [-0.4, -0.2) is 96.7 Å². The smallest absolute Gasteiger partial charge is 0.462 e. The van der Waals surface area contributed by atoms with Gasteiger partial charge in [-0.2, -0.15) is 0 Å². The first-order valence-electron chi connectivity index (χ1n) is 45.8. The Bertz CT molecular complexity index is 2100. The van der Waals surface area contributed by atoms with Gasteiger partial charge >= 0.3 is 39.5 Å². The fraction of sp³-hybridized carbons (Fsp3) is 0.955. The second-order valence-electron chi connectivity index (χ2n) is 33.4. The summed E-state index contributed by atoms with van der Waals surface area (Å²) in [4.78, 5) is 73.3. The van der Waals surface area contributed by atoms with Crippen LogP contribution in [0.3, 0.4) is 0 Å². The molecule has 0 aromatic carbocycles. The molecule has 0 bridgehead atoms. The van der Waals surface area contributed by atoms with E-state index in [9.17, 15) is 43.2 Å². The standard InChI is InChI=1S/C89H174O17P2/c1-9-81(7)67-59-51-43-37-31-25-21-22-28-34-40-46-56-64-71-88(93)105-84(75-99-86(91)69-61-53-44-38-32-26-19-16-15-18-24-30-36-42-50-58-66-80(5)6)77-103-107(95,96)101-73-83(90)74-102-108(97,98)104-78-85(76-100-87(92)70-62-54-48-47-52-60-68-82(8)10-2)106-89(94)72-63-55-45-39-33-27-20-14-12-11-13-17-23-29-35-41-49-57-65-79(3)4/h79-85,90H,9-78H2,1-8H3,(H,95,96)(H,97,98)/t81?,82?,83-,84-,85-/m1/s1. The van der Waals surface area contributed by atoms with Gasteiger partial charge < -0.3 is 33.8 Å². The molecule has 0 amide bonds. The molecule has 0 saturated heterocycles. The molecule has 19 heteroatoms. The number of aliphatic hydroxyl groups is 1. The van der Waals surface area contributed by atoms with Gasteiger partial charge in [-0.25, -0.2) is 9.13 Å². The average Bonchev–Trinajstić information content (AvgIpc) is 0.899. The van der Waals surface area contributed by atoms with Crippen molar-refractivity contribution < 1.29 is 80.2 Å². The Kier molecular flexibility index (Phi) is 76.2. The van der Waals surface area contributed by atoms with Crippen LogP contribution in [-0.2, 0) is 65.4 Å². The second-order valence-corrected chi connectivity index (χ2v) is 36.3. The predicted molar refractivity (Wildman–Crippen MR) is 446 cm³/mol. The van der Waals surface area contributed by atoms with Crippen molar-refractivity contribution in [1.29, 1.82) is 0 Å². The molecule has 0 aliphatic heterocycles. The number of aliphatic hydroxyl groups excluding tert-OH is 1. The van der Waals surface area contributed by atoms with Gasteiger partial charge in [0.25, 0.3) is 0 Å². The van der Waals surface area contributed by atoms with E-state index >= 15 is 0 Å². The molecule has 0 aromatic rings. The number of ether oxygens (including phenoxy) is 4. The Morgan fingerprint density at radius 1 is 0.259 bits per heavy atom. The van der Waals surface area contributed by atoms with Gasteiger partial charge in [0, 0.05) is 25.7 Å². The summed E-state index contributed by atoms with van der Waals surface area (Å²) in [6.45, 7) is 14.4. The van der Waals surface area contributed by atoms with Crippen LogP contribution < -0.4 is 0 Å². The van der Waals surface area contributed by atoms with E-state index in [0.717, 1.165) is 120 Å². The molecule has 0 saturated carbocycles. The van der Waals surface area contributed by atoms with Gasteiger partial charge in [-0.15, -0.1) is 0 Å². The van der Waals surface area contributed by atoms with Crippen LogP contribution in [0.2, 0.25) is 0 Å². The zero-order valence-electron chi connectivity index (χ0n) is 71.5. The Morgan fingerprint density at radius 3 is 0.657 bits per heavy atom. The van der Waals surface area contributed by atoms with Crippen LogP contribution in [0.5, 0.6) is 0 Å². The zero-order valence-corrected chi connectivity index (χ0v) is 73.3. The van der Waals surface area contributed by atoms with Gasteiger partial charge in [0.05, 0.1) is 26.4 Å². The van der Waals surface area contributed by atoms with Crippen molar-refractivity contribution >= 4 is 39.5 Å². The van der Waals surface area contributed by atoms with Gasteiger partial charge in [0.1, 0.15) is 19.3 Å². The highest BCUT2D eigenvalue weighted by atomic mass is 31.2. The summed E-state index contributed by atoms with van der Waals surface area (Å²) in [5.41, 5.74) is 0. The summed E-state index contributed by atoms with van der Waals surface area (Å²) in [6.07, 6.45) is 68.1. The molecule has 642 valence electrons. The second kappa shape index (κ2) is 77.6. The maximum Gasteiger partial charge on any atom is 0.472 e. The third-order valence-electron chi connectivity index (χ3n) is 21.5. The number of esters is 4. The van der Waals surface area contributed by atoms with Crippen molar-refractivity contribution in [2.45, 2.75) is 485 Å². The molecule has 0 aliphatic carbocycles. The molecule has 7 atom stereocenters. The number of unbranched alkanes of at least 4 members (excludes halogenated alkanes) is 50. The van der Waals surface area contributed by atoms with Crippen LogP contribution in [0.25, 0.3) is 0 Å². The monoisotopic (exact) mass is 1580 g/mol. The molecule has 17 nitrogen and oxygen atoms in total. The first-order chi connectivity index (χ1) is 52.2. The Labute approximate surface area is 664 Å². The topological polar surface area (TPSA) is 237 Å². The maximum atomic E-state index is 13.2. The maximum absolute atomic E-state index is 13.2. The average molecular weight is 1580 g/mol. The van der Waals surface area contributed by atoms with Crippen molar-refractivity contribution in [3.05, 3.63) is 0 Å². The number of phosphoric acid groups is 2. The first-order valence-corrected chi connectivity index (χ1v) is 48.8. The van der Waals surface area contributed by atoms with Crippen LogP contribution >= 0.6 is 15.6 Å². The van der Waals surface area contributed by atoms with E-state index in [1.165, 1.54) is 263 Å². The zero-order chi connectivity index (χ0) is 79.5. The summed E-state index contributed by atoms with van der Waals surface area (Å²) in [5.74, 6) is 1.10. The molecule has 0 radical (unpaired) electrons. The number of hydrogen-bond acceptors (Lipinski definition) is 15. The van der Waals surface area contributed by atoms with Crippen molar-refractivity contribution in [1.82, 2.24) is 0 Å². The lowest BCUT2D eigenvalue weighted by Crippen LogP contribution is -2.30. The molecule has 0 heterocycles. The van der Waals surface area contributed by atoms with E-state index in [2.05, 4.69) is 55.4 Å². The van der Waals surface area contributed by atoms with Gasteiger partial charge in [-0.3, -0.25) is 37.3 Å². The van der Waals surface area contributed by atoms with Gasteiger partial charge in [-0.1, -0.05) is 415 Å². The van der Waals surface area contributed by atoms with Gasteiger partial charge in [-0.05, 0) is 49.4 Å². The molecule has 0 aromatic heterocycles. The van der Waals surface area contributed by atoms with Crippen molar-refractivity contribution in [2.24, 2.45) is 23.7 Å². The van der Waals surface area contributed by atoms with E-state index < -0.39 is 97.5 Å². The number of carbonyl (C=O) groups excluding carboxylic acids is 4. The molecule has 108 heavy (non-hydrogen) atoms. The van der Waals surface area contributed by atoms with Crippen LogP contribution in [0.4, 0.5) is 0 Å². The normalized spacial score (nSPS) is 14.4. The Balaban J connectivity index is 5.22. The fourth-order valence-electron chi connectivity index (χ4n) is 13.8. The molecule has 0 spiro atoms. The molecule has 0 fully saturated rings. The molecular weight excluding hydrogens is 1400 g/mol. The molecule has 0 rings (SSSR count). The molecule has 0 aliphatic rings. The summed E-state index contributed by atoms with van der Waals surface area (Å²) in [7, 11) is -9.93. The van der Waals surface area contributed by atoms with E-state index in [-0.39, 0.29) is 25.7 Å². The van der Waals surface area contributed by atoms with E-state index in [1.54, 1.807) is 0 Å². The lowest BCUT2D eigenvalue weighted by Gasteiger charge is -2.21. The van der Waals surface area contributed by atoms with Crippen molar-refractivity contribution in [3.8, 4) is 0 Å². The highest BCUT2D eigenvalue weighted by Crippen LogP contribution is 2.45. The van der Waals surface area contributed by atoms with Crippen molar-refractivity contribution in [3.63, 3.8) is 0 Å². The fourth-order valence-corrected chi connectivity index (χ4v) is 15.4. The Hall–Kier alpha value is -1.94. The lowest BCUT2D eigenvalue weighted by molar-refractivity contribution is -0.161. The SMILES string of the molecule is CCC(C)CCCCCCCCCCCCCCCCC(=O)O[C@H](COC(=O)CCCCCCCCCCCCCCCCCCC(C)C)COP(=O)(O)OC[C@@H](O)COP(=O)(O)OC[C@@H](COC(=O)CCCCCCCCC(C)CC)OC(=O)CCCCCCCCCCCCCCCCCCCCC(C)C. The van der Waals surface area contributed by atoms with E-state index in [4.69, 9.17) is 37.0 Å². The number of hydrogen-bond donors (Lipinski definition) is 3. The van der Waals surface area contributed by atoms with Gasteiger partial charge in [0.2, 0.25) is 0 Å². The van der Waals surface area contributed by atoms with Crippen LogP contribution in [0, 0.1) is 23.7 Å². The molecule has 4 unspecified atom stereocenters. The van der Waals surface area contributed by atoms with E-state index in [0.29, 0.717) is 25.7 Å². The third kappa shape index (κ3) is 79.3. The van der Waals surface area contributed by atoms with Gasteiger partial charge in [0.15, 0.2) is 12.2 Å². The number of phosphoric ester groups is 2. The number of rotatable bonds is 86. The predicted octanol–water partition coefficient (Wildman–Crippen LogP) is 27.1. The highest BCUT2D eigenvalue weighted by molar-refractivity contribution is 7.47. The quantitative estimate of drug-likeness (QED) is 0.0222. The summed E-state index contributed by atoms with van der Waals surface area (Å²) in [5, 5.41) is 10.7. The third-order valence-corrected chi connectivity index (χ3v) is 23.4. The first kappa shape index (κ1) is 106. The molecular formula is C89H174O17P2. The minimum atomic E-state index is -4.97. The largest absolute Gasteiger partial charge is 0.472 e. The Morgan fingerprint density at radius 2 is 0.444 bits per heavy atom. The summed E-state index contributed by atoms with van der Waals surface area (Å²) < 4.78 is 69.0. The minimum absolute atomic E-state index is 0.107. The number of carbonyl (C=O) groups is 4. The van der Waals surface area contributed by atoms with Crippen molar-refractivity contribution in [2.75, 3.05) is 39.6 Å². The van der Waals surface area contributed by atoms with E-state index in [1.807, 2.05) is 0 Å². The van der Waals surface area contributed by atoms with Crippen LogP contribution in [0.15, 0.2) is 0 Å². The highest BCUT2D eigenvalue weighted by Gasteiger charge is 2.31. The van der Waals surface area contributed by atoms with Crippen LogP contribution in [0.1, 0.15) is 466 Å². The lowest BCUT2D eigenvalue weighted by atomic mass is 9.99. The molecule has 3 N–H and O–H groups in total. The summed E-state index contributed by atoms with van der Waals surface area (Å²) in [6, 6.07) is 0. The minimum Gasteiger partial charge on any atom is -0.462 e. The summed E-state index contributed by atoms with van der Waals surface area (Å²) >= 11 is 0.